The zero-order valence-electron chi connectivity index (χ0n) is 10.7. The Morgan fingerprint density at radius 2 is 2.32 bits per heavy atom. The summed E-state index contributed by atoms with van der Waals surface area (Å²) in [4.78, 5) is 12.2. The SMILES string of the molecule is NC1CCCC(C(=O)Nc2ccc3cn[nH]c3c2)C1. The van der Waals surface area contributed by atoms with Gasteiger partial charge in [-0.05, 0) is 37.5 Å². The van der Waals surface area contributed by atoms with Gasteiger partial charge in [0.05, 0.1) is 11.7 Å². The quantitative estimate of drug-likeness (QED) is 0.770. The maximum atomic E-state index is 12.2. The van der Waals surface area contributed by atoms with Crippen LogP contribution in [0.1, 0.15) is 25.7 Å². The largest absolute Gasteiger partial charge is 0.328 e. The van der Waals surface area contributed by atoms with E-state index in [1.807, 2.05) is 18.2 Å². The van der Waals surface area contributed by atoms with Crippen molar-refractivity contribution in [3.8, 4) is 0 Å². The first-order valence-electron chi connectivity index (χ1n) is 6.72. The predicted molar refractivity (Wildman–Crippen MR) is 74.7 cm³/mol. The molecule has 5 nitrogen and oxygen atoms in total. The molecule has 0 saturated heterocycles. The highest BCUT2D eigenvalue weighted by Crippen LogP contribution is 2.25. The van der Waals surface area contributed by atoms with E-state index in [9.17, 15) is 4.79 Å². The van der Waals surface area contributed by atoms with Crippen LogP contribution in [0.25, 0.3) is 10.9 Å². The smallest absolute Gasteiger partial charge is 0.227 e. The highest BCUT2D eigenvalue weighted by atomic mass is 16.1. The molecule has 1 saturated carbocycles. The summed E-state index contributed by atoms with van der Waals surface area (Å²) in [6, 6.07) is 5.92. The van der Waals surface area contributed by atoms with Crippen molar-refractivity contribution in [2.24, 2.45) is 11.7 Å². The Hall–Kier alpha value is -1.88. The van der Waals surface area contributed by atoms with Gasteiger partial charge in [0.2, 0.25) is 5.91 Å². The van der Waals surface area contributed by atoms with Crippen molar-refractivity contribution >= 4 is 22.5 Å². The van der Waals surface area contributed by atoms with Gasteiger partial charge < -0.3 is 11.1 Å². The highest BCUT2D eigenvalue weighted by molar-refractivity contribution is 5.94. The number of carbonyl (C=O) groups excluding carboxylic acids is 1. The minimum absolute atomic E-state index is 0.0428. The molecule has 2 aromatic rings. The Bertz CT molecular complexity index is 592. The summed E-state index contributed by atoms with van der Waals surface area (Å²) in [6.45, 7) is 0. The van der Waals surface area contributed by atoms with Crippen LogP contribution in [0.4, 0.5) is 5.69 Å². The fourth-order valence-electron chi connectivity index (χ4n) is 2.72. The molecular weight excluding hydrogens is 240 g/mol. The average molecular weight is 258 g/mol. The van der Waals surface area contributed by atoms with Crippen molar-refractivity contribution < 1.29 is 4.79 Å². The lowest BCUT2D eigenvalue weighted by Crippen LogP contribution is -2.34. The number of hydrogen-bond acceptors (Lipinski definition) is 3. The summed E-state index contributed by atoms with van der Waals surface area (Å²) in [6.07, 6.45) is 5.56. The van der Waals surface area contributed by atoms with E-state index in [1.54, 1.807) is 6.20 Å². The Balaban J connectivity index is 1.71. The van der Waals surface area contributed by atoms with E-state index in [1.165, 1.54) is 0 Å². The van der Waals surface area contributed by atoms with Crippen LogP contribution in [-0.4, -0.2) is 22.1 Å². The van der Waals surface area contributed by atoms with Gasteiger partial charge >= 0.3 is 0 Å². The van der Waals surface area contributed by atoms with E-state index < -0.39 is 0 Å². The first-order chi connectivity index (χ1) is 9.22. The Morgan fingerprint density at radius 1 is 1.42 bits per heavy atom. The molecule has 100 valence electrons. The lowest BCUT2D eigenvalue weighted by Gasteiger charge is -2.25. The molecule has 2 unspecified atom stereocenters. The average Bonchev–Trinajstić information content (AvgIpc) is 2.86. The molecule has 0 bridgehead atoms. The van der Waals surface area contributed by atoms with Gasteiger partial charge in [-0.2, -0.15) is 5.10 Å². The lowest BCUT2D eigenvalue weighted by molar-refractivity contribution is -0.120. The molecule has 0 aliphatic heterocycles. The zero-order chi connectivity index (χ0) is 13.2. The normalized spacial score (nSPS) is 23.4. The van der Waals surface area contributed by atoms with Gasteiger partial charge in [0, 0.05) is 23.0 Å². The predicted octanol–water partition coefficient (Wildman–Crippen LogP) is 2.02. The third-order valence-corrected chi connectivity index (χ3v) is 3.80. The van der Waals surface area contributed by atoms with Crippen molar-refractivity contribution in [3.63, 3.8) is 0 Å². The maximum absolute atomic E-state index is 12.2. The van der Waals surface area contributed by atoms with Crippen LogP contribution in [0, 0.1) is 5.92 Å². The van der Waals surface area contributed by atoms with Gasteiger partial charge in [-0.3, -0.25) is 9.89 Å². The van der Waals surface area contributed by atoms with Gasteiger partial charge in [-0.25, -0.2) is 0 Å². The van der Waals surface area contributed by atoms with E-state index in [4.69, 9.17) is 5.73 Å². The van der Waals surface area contributed by atoms with Crippen LogP contribution >= 0.6 is 0 Å². The number of amides is 1. The Kier molecular flexibility index (Phi) is 3.21. The summed E-state index contributed by atoms with van der Waals surface area (Å²) in [5.74, 6) is 0.121. The number of rotatable bonds is 2. The molecule has 1 heterocycles. The molecular formula is C14H18N4O. The fourth-order valence-corrected chi connectivity index (χ4v) is 2.72. The highest BCUT2D eigenvalue weighted by Gasteiger charge is 2.25. The van der Waals surface area contributed by atoms with Gasteiger partial charge in [0.15, 0.2) is 0 Å². The number of aromatic nitrogens is 2. The van der Waals surface area contributed by atoms with Gasteiger partial charge in [-0.15, -0.1) is 0 Å². The molecule has 1 aliphatic rings. The number of carbonyl (C=O) groups is 1. The molecule has 1 aliphatic carbocycles. The topological polar surface area (TPSA) is 83.8 Å². The number of nitrogens with zero attached hydrogens (tertiary/aromatic N) is 1. The molecule has 4 N–H and O–H groups in total. The molecule has 1 aromatic heterocycles. The number of anilines is 1. The lowest BCUT2D eigenvalue weighted by atomic mass is 9.85. The molecule has 19 heavy (non-hydrogen) atoms. The van der Waals surface area contributed by atoms with Crippen molar-refractivity contribution in [1.29, 1.82) is 0 Å². The molecule has 1 amide bonds. The molecule has 3 rings (SSSR count). The molecule has 5 heteroatoms. The zero-order valence-corrected chi connectivity index (χ0v) is 10.7. The molecule has 2 atom stereocenters. The van der Waals surface area contributed by atoms with Gasteiger partial charge in [-0.1, -0.05) is 6.42 Å². The standard InChI is InChI=1S/C14H18N4O/c15-11-3-1-2-9(6-11)14(19)17-12-5-4-10-8-16-18-13(10)7-12/h4-5,7-9,11H,1-3,6,15H2,(H,16,18)(H,17,19). The van der Waals surface area contributed by atoms with Crippen LogP contribution in [0.2, 0.25) is 0 Å². The van der Waals surface area contributed by atoms with E-state index in [0.29, 0.717) is 0 Å². The third-order valence-electron chi connectivity index (χ3n) is 3.80. The molecule has 1 fully saturated rings. The Labute approximate surface area is 111 Å². The van der Waals surface area contributed by atoms with E-state index in [-0.39, 0.29) is 17.9 Å². The molecule has 1 aromatic carbocycles. The molecule has 0 radical (unpaired) electrons. The van der Waals surface area contributed by atoms with Gasteiger partial charge in [0.1, 0.15) is 0 Å². The second-order valence-electron chi connectivity index (χ2n) is 5.28. The number of hydrogen-bond donors (Lipinski definition) is 3. The minimum Gasteiger partial charge on any atom is -0.328 e. The number of aromatic amines is 1. The van der Waals surface area contributed by atoms with Crippen LogP contribution in [0.3, 0.4) is 0 Å². The first kappa shape index (κ1) is 12.2. The first-order valence-corrected chi connectivity index (χ1v) is 6.72. The fraction of sp³-hybridized carbons (Fsp3) is 0.429. The number of H-pyrrole nitrogens is 1. The number of nitrogens with two attached hydrogens (primary N) is 1. The Morgan fingerprint density at radius 3 is 3.16 bits per heavy atom. The minimum atomic E-state index is 0.0428. The molecule has 0 spiro atoms. The maximum Gasteiger partial charge on any atom is 0.227 e. The van der Waals surface area contributed by atoms with Crippen molar-refractivity contribution in [1.82, 2.24) is 10.2 Å². The summed E-state index contributed by atoms with van der Waals surface area (Å²) >= 11 is 0. The van der Waals surface area contributed by atoms with Crippen molar-refractivity contribution in [2.45, 2.75) is 31.7 Å². The van der Waals surface area contributed by atoms with Crippen LogP contribution in [0.5, 0.6) is 0 Å². The second-order valence-corrected chi connectivity index (χ2v) is 5.28. The number of benzene rings is 1. The monoisotopic (exact) mass is 258 g/mol. The van der Waals surface area contributed by atoms with Gasteiger partial charge in [0.25, 0.3) is 0 Å². The second kappa shape index (κ2) is 5.01. The van der Waals surface area contributed by atoms with Crippen LogP contribution < -0.4 is 11.1 Å². The van der Waals surface area contributed by atoms with E-state index >= 15 is 0 Å². The van der Waals surface area contributed by atoms with Crippen LogP contribution in [-0.2, 0) is 4.79 Å². The van der Waals surface area contributed by atoms with Crippen molar-refractivity contribution in [2.75, 3.05) is 5.32 Å². The summed E-state index contributed by atoms with van der Waals surface area (Å²) in [7, 11) is 0. The van der Waals surface area contributed by atoms with Crippen molar-refractivity contribution in [3.05, 3.63) is 24.4 Å². The summed E-state index contributed by atoms with van der Waals surface area (Å²) in [5.41, 5.74) is 7.66. The van der Waals surface area contributed by atoms with E-state index in [0.717, 1.165) is 42.3 Å². The number of fused-ring (bicyclic) bond motifs is 1. The summed E-state index contributed by atoms with van der Waals surface area (Å²) in [5, 5.41) is 10.9. The summed E-state index contributed by atoms with van der Waals surface area (Å²) < 4.78 is 0. The third kappa shape index (κ3) is 2.61. The van der Waals surface area contributed by atoms with E-state index in [2.05, 4.69) is 15.5 Å². The number of nitrogens with one attached hydrogen (secondary N) is 2. The van der Waals surface area contributed by atoms with Crippen LogP contribution in [0.15, 0.2) is 24.4 Å².